The minimum Gasteiger partial charge on any atom is -0.493 e. The van der Waals surface area contributed by atoms with E-state index in [0.717, 1.165) is 16.3 Å². The molecule has 0 radical (unpaired) electrons. The van der Waals surface area contributed by atoms with Crippen LogP contribution in [0.25, 0.3) is 0 Å². The van der Waals surface area contributed by atoms with Gasteiger partial charge in [0, 0.05) is 29.5 Å². The first-order chi connectivity index (χ1) is 14.3. The zero-order chi connectivity index (χ0) is 21.7. The number of aryl methyl sites for hydroxylation is 1. The van der Waals surface area contributed by atoms with E-state index in [4.69, 9.17) is 9.47 Å². The molecule has 162 valence electrons. The topological polar surface area (TPSA) is 89.5 Å². The summed E-state index contributed by atoms with van der Waals surface area (Å²) >= 11 is 1.55. The zero-order valence-electron chi connectivity index (χ0n) is 17.9. The Morgan fingerprint density at radius 3 is 2.70 bits per heavy atom. The molecule has 2 N–H and O–H groups in total. The number of carbonyl (C=O) groups excluding carboxylic acids is 2. The minimum atomic E-state index is -0.435. The van der Waals surface area contributed by atoms with E-state index in [0.29, 0.717) is 43.6 Å². The maximum absolute atomic E-state index is 12.6. The van der Waals surface area contributed by atoms with Crippen LogP contribution in [0.15, 0.2) is 23.6 Å². The van der Waals surface area contributed by atoms with Crippen molar-refractivity contribution in [2.75, 3.05) is 14.2 Å². The van der Waals surface area contributed by atoms with Crippen LogP contribution in [-0.2, 0) is 16.0 Å². The smallest absolute Gasteiger partial charge is 0.220 e. The highest BCUT2D eigenvalue weighted by molar-refractivity contribution is 7.09. The normalized spacial score (nSPS) is 19.3. The number of hydrogen-bond acceptors (Lipinski definition) is 6. The largest absolute Gasteiger partial charge is 0.493 e. The summed E-state index contributed by atoms with van der Waals surface area (Å²) in [6.07, 6.45) is 2.72. The predicted octanol–water partition coefficient (Wildman–Crippen LogP) is 3.32. The number of rotatable bonds is 9. The molecule has 1 aromatic carbocycles. The lowest BCUT2D eigenvalue weighted by molar-refractivity contribution is -0.123. The first-order valence-corrected chi connectivity index (χ1v) is 11.0. The molecule has 0 aliphatic carbocycles. The molecule has 1 aliphatic rings. The lowest BCUT2D eigenvalue weighted by atomic mass is 9.84. The quantitative estimate of drug-likeness (QED) is 0.636. The van der Waals surface area contributed by atoms with Crippen molar-refractivity contribution in [2.45, 2.75) is 57.5 Å². The van der Waals surface area contributed by atoms with Crippen LogP contribution < -0.4 is 20.1 Å². The SMILES string of the molecule is COc1ccc(C[C@]2(CCC(=O)N[C@H](C)c3nc(C)cs3)CCC(=O)N2)cc1OC. The van der Waals surface area contributed by atoms with Gasteiger partial charge >= 0.3 is 0 Å². The second kappa shape index (κ2) is 9.47. The fourth-order valence-electron chi connectivity index (χ4n) is 3.86. The van der Waals surface area contributed by atoms with Crippen molar-refractivity contribution < 1.29 is 19.1 Å². The van der Waals surface area contributed by atoms with Gasteiger partial charge in [-0.3, -0.25) is 9.59 Å². The highest BCUT2D eigenvalue weighted by atomic mass is 32.1. The molecule has 0 saturated carbocycles. The van der Waals surface area contributed by atoms with Gasteiger partial charge in [-0.25, -0.2) is 4.98 Å². The van der Waals surface area contributed by atoms with Gasteiger partial charge in [0.15, 0.2) is 11.5 Å². The lowest BCUT2D eigenvalue weighted by Gasteiger charge is -2.30. The van der Waals surface area contributed by atoms with Gasteiger partial charge in [0.05, 0.1) is 20.3 Å². The summed E-state index contributed by atoms with van der Waals surface area (Å²) < 4.78 is 10.7. The van der Waals surface area contributed by atoms with Crippen LogP contribution in [0, 0.1) is 6.92 Å². The first-order valence-electron chi connectivity index (χ1n) is 10.1. The monoisotopic (exact) mass is 431 g/mol. The van der Waals surface area contributed by atoms with E-state index in [1.54, 1.807) is 25.6 Å². The van der Waals surface area contributed by atoms with Crippen LogP contribution in [0.1, 0.15) is 54.9 Å². The predicted molar refractivity (Wildman–Crippen MR) is 116 cm³/mol. The van der Waals surface area contributed by atoms with Crippen molar-refractivity contribution in [3.05, 3.63) is 39.8 Å². The Bertz CT molecular complexity index is 914. The second-order valence-electron chi connectivity index (χ2n) is 7.81. The molecule has 1 aromatic heterocycles. The number of aromatic nitrogens is 1. The van der Waals surface area contributed by atoms with Crippen molar-refractivity contribution in [1.29, 1.82) is 0 Å². The molecular formula is C22H29N3O4S. The summed E-state index contributed by atoms with van der Waals surface area (Å²) in [5.74, 6) is 1.31. The van der Waals surface area contributed by atoms with Gasteiger partial charge in [0.25, 0.3) is 0 Å². The summed E-state index contributed by atoms with van der Waals surface area (Å²) in [6, 6.07) is 5.64. The highest BCUT2D eigenvalue weighted by Gasteiger charge is 2.38. The number of carbonyl (C=O) groups is 2. The molecule has 0 bridgehead atoms. The Balaban J connectivity index is 1.65. The molecule has 2 heterocycles. The summed E-state index contributed by atoms with van der Waals surface area (Å²) in [4.78, 5) is 29.0. The van der Waals surface area contributed by atoms with Gasteiger partial charge < -0.3 is 20.1 Å². The Kier molecular flexibility index (Phi) is 6.97. The van der Waals surface area contributed by atoms with Crippen LogP contribution >= 0.6 is 11.3 Å². The third-order valence-corrected chi connectivity index (χ3v) is 6.59. The number of nitrogens with one attached hydrogen (secondary N) is 2. The van der Waals surface area contributed by atoms with Crippen molar-refractivity contribution in [3.63, 3.8) is 0 Å². The molecule has 30 heavy (non-hydrogen) atoms. The van der Waals surface area contributed by atoms with Crippen LogP contribution in [0.5, 0.6) is 11.5 Å². The zero-order valence-corrected chi connectivity index (χ0v) is 18.7. The number of benzene rings is 1. The summed E-state index contributed by atoms with van der Waals surface area (Å²) in [5, 5.41) is 9.02. The van der Waals surface area contributed by atoms with Crippen LogP contribution in [0.4, 0.5) is 0 Å². The number of thiazole rings is 1. The second-order valence-corrected chi connectivity index (χ2v) is 8.70. The van der Waals surface area contributed by atoms with E-state index < -0.39 is 5.54 Å². The Labute approximate surface area is 181 Å². The third kappa shape index (κ3) is 5.30. The van der Waals surface area contributed by atoms with E-state index in [-0.39, 0.29) is 17.9 Å². The maximum Gasteiger partial charge on any atom is 0.220 e. The number of nitrogens with zero attached hydrogens (tertiary/aromatic N) is 1. The fraction of sp³-hybridized carbons (Fsp3) is 0.500. The molecule has 3 rings (SSSR count). The van der Waals surface area contributed by atoms with Gasteiger partial charge in [-0.15, -0.1) is 11.3 Å². The van der Waals surface area contributed by atoms with E-state index in [2.05, 4.69) is 15.6 Å². The fourth-order valence-corrected chi connectivity index (χ4v) is 4.67. The standard InChI is InChI=1S/C22H29N3O4S/c1-14-13-30-21(23-14)15(2)24-19(26)7-9-22(10-8-20(27)25-22)12-16-5-6-17(28-3)18(11-16)29-4/h5-6,11,13,15H,7-10,12H2,1-4H3,(H,24,26)(H,25,27)/t15-,22+/m1/s1. The summed E-state index contributed by atoms with van der Waals surface area (Å²) in [5.41, 5.74) is 1.55. The molecule has 2 atom stereocenters. The number of amides is 2. The van der Waals surface area contributed by atoms with Crippen LogP contribution in [0.3, 0.4) is 0 Å². The van der Waals surface area contributed by atoms with Gasteiger partial charge in [0.1, 0.15) is 5.01 Å². The minimum absolute atomic E-state index is 0.0301. The molecular weight excluding hydrogens is 402 g/mol. The summed E-state index contributed by atoms with van der Waals surface area (Å²) in [7, 11) is 3.20. The molecule has 1 fully saturated rings. The number of hydrogen-bond donors (Lipinski definition) is 2. The molecule has 2 aromatic rings. The van der Waals surface area contributed by atoms with Gasteiger partial charge in [-0.05, 0) is 50.8 Å². The highest BCUT2D eigenvalue weighted by Crippen LogP contribution is 2.33. The van der Waals surface area contributed by atoms with Gasteiger partial charge in [0.2, 0.25) is 11.8 Å². The first kappa shape index (κ1) is 22.1. The lowest BCUT2D eigenvalue weighted by Crippen LogP contribution is -2.44. The van der Waals surface area contributed by atoms with Gasteiger partial charge in [-0.1, -0.05) is 6.07 Å². The molecule has 8 heteroatoms. The molecule has 0 unspecified atom stereocenters. The Morgan fingerprint density at radius 1 is 1.33 bits per heavy atom. The summed E-state index contributed by atoms with van der Waals surface area (Å²) in [6.45, 7) is 3.88. The Hall–Kier alpha value is -2.61. The van der Waals surface area contributed by atoms with Crippen molar-refractivity contribution in [1.82, 2.24) is 15.6 Å². The number of methoxy groups -OCH3 is 2. The Morgan fingerprint density at radius 2 is 2.10 bits per heavy atom. The van der Waals surface area contributed by atoms with Crippen molar-refractivity contribution in [2.24, 2.45) is 0 Å². The molecule has 7 nitrogen and oxygen atoms in total. The molecule has 2 amide bonds. The number of ether oxygens (including phenoxy) is 2. The molecule has 1 aliphatic heterocycles. The average molecular weight is 432 g/mol. The van der Waals surface area contributed by atoms with E-state index in [9.17, 15) is 9.59 Å². The van der Waals surface area contributed by atoms with Crippen LogP contribution in [-0.4, -0.2) is 36.6 Å². The maximum atomic E-state index is 12.6. The third-order valence-electron chi connectivity index (χ3n) is 5.44. The van der Waals surface area contributed by atoms with Crippen LogP contribution in [0.2, 0.25) is 0 Å². The van der Waals surface area contributed by atoms with Crippen molar-refractivity contribution >= 4 is 23.2 Å². The average Bonchev–Trinajstić information content (AvgIpc) is 3.32. The van der Waals surface area contributed by atoms with Gasteiger partial charge in [-0.2, -0.15) is 0 Å². The van der Waals surface area contributed by atoms with E-state index in [1.807, 2.05) is 37.4 Å². The molecule has 1 saturated heterocycles. The van der Waals surface area contributed by atoms with E-state index in [1.165, 1.54) is 0 Å². The van der Waals surface area contributed by atoms with Crippen molar-refractivity contribution in [3.8, 4) is 11.5 Å². The van der Waals surface area contributed by atoms with E-state index >= 15 is 0 Å². The molecule has 0 spiro atoms.